The molecule has 2 aliphatic rings. The summed E-state index contributed by atoms with van der Waals surface area (Å²) < 4.78 is 0. The van der Waals surface area contributed by atoms with Gasteiger partial charge in [0.15, 0.2) is 0 Å². The summed E-state index contributed by atoms with van der Waals surface area (Å²) in [6, 6.07) is 1.35. The molecule has 0 aliphatic carbocycles. The zero-order valence-electron chi connectivity index (χ0n) is 26.3. The second-order valence-corrected chi connectivity index (χ2v) is 11.5. The third kappa shape index (κ3) is 8.99. The molecule has 2 aliphatic heterocycles. The number of pyridine rings is 1. The van der Waals surface area contributed by atoms with E-state index in [2.05, 4.69) is 26.3 Å². The normalized spacial score (nSPS) is 19.2. The first-order valence-corrected chi connectivity index (χ1v) is 15.8. The van der Waals surface area contributed by atoms with Crippen LogP contribution in [0.2, 0.25) is 0 Å². The van der Waals surface area contributed by atoms with Crippen LogP contribution in [0.5, 0.6) is 0 Å². The highest BCUT2D eigenvalue weighted by atomic mass is 16.2. The first kappa shape index (κ1) is 34.5. The zero-order chi connectivity index (χ0) is 32.2. The highest BCUT2D eigenvalue weighted by molar-refractivity contribution is 6.00. The highest BCUT2D eigenvalue weighted by Crippen LogP contribution is 2.20. The van der Waals surface area contributed by atoms with Crippen molar-refractivity contribution in [2.24, 2.45) is 0 Å². The molecule has 3 heterocycles. The number of nitrogens with zero attached hydrogens (tertiary/aromatic N) is 3. The van der Waals surface area contributed by atoms with Crippen LogP contribution in [-0.4, -0.2) is 101 Å². The molecule has 0 bridgehead atoms. The molecule has 1 aromatic rings. The fourth-order valence-electron chi connectivity index (χ4n) is 5.47. The summed E-state index contributed by atoms with van der Waals surface area (Å²) in [4.78, 5) is 84.6. The lowest BCUT2D eigenvalue weighted by atomic mass is 10.1. The Balaban J connectivity index is 1.57. The maximum Gasteiger partial charge on any atom is 0.270 e. The van der Waals surface area contributed by atoms with Crippen molar-refractivity contribution >= 4 is 35.4 Å². The van der Waals surface area contributed by atoms with Crippen LogP contribution in [0.15, 0.2) is 18.2 Å². The number of unbranched alkanes of at least 4 members (excludes halogenated alkanes) is 2. The quantitative estimate of drug-likeness (QED) is 0.228. The largest absolute Gasteiger partial charge is 0.354 e. The van der Waals surface area contributed by atoms with E-state index in [0.29, 0.717) is 51.9 Å². The van der Waals surface area contributed by atoms with Gasteiger partial charge in [-0.25, -0.2) is 4.98 Å². The van der Waals surface area contributed by atoms with Gasteiger partial charge in [-0.05, 0) is 64.5 Å². The number of hydrogen-bond donors (Lipinski definition) is 4. The van der Waals surface area contributed by atoms with Gasteiger partial charge in [0.2, 0.25) is 23.6 Å². The van der Waals surface area contributed by atoms with Crippen LogP contribution in [0.4, 0.5) is 0 Å². The zero-order valence-corrected chi connectivity index (χ0v) is 26.3. The highest BCUT2D eigenvalue weighted by Gasteiger charge is 2.37. The van der Waals surface area contributed by atoms with Crippen LogP contribution in [-0.2, 0) is 19.2 Å². The van der Waals surface area contributed by atoms with Crippen LogP contribution in [0.3, 0.4) is 0 Å². The van der Waals surface area contributed by atoms with E-state index in [-0.39, 0.29) is 35.0 Å². The van der Waals surface area contributed by atoms with Gasteiger partial charge in [0.1, 0.15) is 35.6 Å². The molecule has 2 fully saturated rings. The molecule has 0 unspecified atom stereocenters. The minimum Gasteiger partial charge on any atom is -0.354 e. The lowest BCUT2D eigenvalue weighted by molar-refractivity contribution is -0.139. The lowest BCUT2D eigenvalue weighted by Gasteiger charge is -2.27. The molecule has 0 saturated carbocycles. The van der Waals surface area contributed by atoms with Crippen molar-refractivity contribution in [3.8, 4) is 0 Å². The lowest BCUT2D eigenvalue weighted by Crippen LogP contribution is -2.53. The van der Waals surface area contributed by atoms with Crippen LogP contribution in [0, 0.1) is 0 Å². The molecule has 44 heavy (non-hydrogen) atoms. The Morgan fingerprint density at radius 2 is 1.16 bits per heavy atom. The topological polar surface area (TPSA) is 170 Å². The summed E-state index contributed by atoms with van der Waals surface area (Å²) in [6.45, 7) is 9.12. The summed E-state index contributed by atoms with van der Waals surface area (Å²) in [5.41, 5.74) is -0.148. The van der Waals surface area contributed by atoms with Crippen LogP contribution in [0.25, 0.3) is 0 Å². The molecular weight excluding hydrogens is 566 g/mol. The molecule has 6 amide bonds. The van der Waals surface area contributed by atoms with Gasteiger partial charge in [-0.15, -0.1) is 0 Å². The van der Waals surface area contributed by atoms with E-state index in [0.717, 1.165) is 25.7 Å². The molecule has 13 nitrogen and oxygen atoms in total. The Morgan fingerprint density at radius 1 is 0.750 bits per heavy atom. The van der Waals surface area contributed by atoms with E-state index in [1.807, 2.05) is 13.8 Å². The minimum absolute atomic E-state index is 0.0742. The number of hydrogen-bond acceptors (Lipinski definition) is 7. The Bertz CT molecular complexity index is 1120. The van der Waals surface area contributed by atoms with Crippen molar-refractivity contribution in [2.75, 3.05) is 26.2 Å². The van der Waals surface area contributed by atoms with Crippen molar-refractivity contribution in [3.63, 3.8) is 0 Å². The first-order chi connectivity index (χ1) is 21.1. The maximum absolute atomic E-state index is 13.1. The number of likely N-dealkylation sites (tertiary alicyclic amines) is 2. The standard InChI is InChI=1S/C31H47N7O6/c1-5-7-16-32-28(41)24-14-10-18-37(24)30(43)20(3)34-26(39)22-12-9-13-23(36-22)27(40)35-21(4)31(44)38-19-11-15-25(38)29(42)33-17-8-6-2/h9,12-13,20-21,24-25H,5-8,10-11,14-19H2,1-4H3,(H,32,41)(H,33,42)(H,34,39)(H,35,40)/t20-,21-,24-,25-/m0/s1. The Kier molecular flexibility index (Phi) is 13.1. The van der Waals surface area contributed by atoms with Crippen LogP contribution >= 0.6 is 0 Å². The van der Waals surface area contributed by atoms with Crippen molar-refractivity contribution in [1.82, 2.24) is 36.1 Å². The average Bonchev–Trinajstić information content (AvgIpc) is 3.71. The van der Waals surface area contributed by atoms with Gasteiger partial charge >= 0.3 is 0 Å². The molecule has 1 aromatic heterocycles. The van der Waals surface area contributed by atoms with Gasteiger partial charge in [-0.1, -0.05) is 32.8 Å². The number of rotatable bonds is 14. The van der Waals surface area contributed by atoms with E-state index in [1.54, 1.807) is 13.8 Å². The third-order valence-electron chi connectivity index (χ3n) is 7.99. The van der Waals surface area contributed by atoms with Crippen molar-refractivity contribution < 1.29 is 28.8 Å². The molecule has 2 saturated heterocycles. The maximum atomic E-state index is 13.1. The van der Waals surface area contributed by atoms with E-state index >= 15 is 0 Å². The molecule has 0 radical (unpaired) electrons. The van der Waals surface area contributed by atoms with E-state index in [4.69, 9.17) is 0 Å². The monoisotopic (exact) mass is 613 g/mol. The van der Waals surface area contributed by atoms with E-state index in [9.17, 15) is 28.8 Å². The predicted molar refractivity (Wildman–Crippen MR) is 163 cm³/mol. The van der Waals surface area contributed by atoms with Gasteiger partial charge in [-0.3, -0.25) is 28.8 Å². The fraction of sp³-hybridized carbons (Fsp3) is 0.645. The second-order valence-electron chi connectivity index (χ2n) is 11.5. The summed E-state index contributed by atoms with van der Waals surface area (Å²) in [6.07, 6.45) is 6.13. The molecular formula is C31H47N7O6. The molecule has 0 aromatic carbocycles. The predicted octanol–water partition coefficient (Wildman–Crippen LogP) is 1.13. The second kappa shape index (κ2) is 16.7. The SMILES string of the molecule is CCCCNC(=O)[C@@H]1CCCN1C(=O)[C@H](C)NC(=O)c1cccc(C(=O)N[C@@H](C)C(=O)N2CCC[C@H]2C(=O)NCCCC)n1. The van der Waals surface area contributed by atoms with Crippen LogP contribution in [0.1, 0.15) is 100 Å². The van der Waals surface area contributed by atoms with Gasteiger partial charge in [0, 0.05) is 26.2 Å². The fourth-order valence-corrected chi connectivity index (χ4v) is 5.47. The van der Waals surface area contributed by atoms with Crippen molar-refractivity contribution in [3.05, 3.63) is 29.6 Å². The molecule has 242 valence electrons. The first-order valence-electron chi connectivity index (χ1n) is 15.8. The number of nitrogens with one attached hydrogen (secondary N) is 4. The summed E-state index contributed by atoms with van der Waals surface area (Å²) in [5.74, 6) is -2.42. The molecule has 0 spiro atoms. The summed E-state index contributed by atoms with van der Waals surface area (Å²) in [7, 11) is 0. The van der Waals surface area contributed by atoms with Gasteiger partial charge in [0.05, 0.1) is 0 Å². The Hall–Kier alpha value is -4.03. The summed E-state index contributed by atoms with van der Waals surface area (Å²) in [5, 5.41) is 11.0. The molecule has 13 heteroatoms. The Labute approximate surface area is 259 Å². The molecule has 4 atom stereocenters. The molecule has 3 rings (SSSR count). The number of aromatic nitrogens is 1. The van der Waals surface area contributed by atoms with Gasteiger partial charge < -0.3 is 31.1 Å². The van der Waals surface area contributed by atoms with Crippen LogP contribution < -0.4 is 21.3 Å². The third-order valence-corrected chi connectivity index (χ3v) is 7.99. The van der Waals surface area contributed by atoms with E-state index < -0.39 is 36.0 Å². The van der Waals surface area contributed by atoms with Gasteiger partial charge in [0.25, 0.3) is 11.8 Å². The smallest absolute Gasteiger partial charge is 0.270 e. The van der Waals surface area contributed by atoms with Gasteiger partial charge in [-0.2, -0.15) is 0 Å². The number of carbonyl (C=O) groups is 6. The summed E-state index contributed by atoms with van der Waals surface area (Å²) >= 11 is 0. The average molecular weight is 614 g/mol. The number of amides is 6. The van der Waals surface area contributed by atoms with Crippen molar-refractivity contribution in [2.45, 2.75) is 103 Å². The van der Waals surface area contributed by atoms with Crippen molar-refractivity contribution in [1.29, 1.82) is 0 Å². The Morgan fingerprint density at radius 3 is 1.55 bits per heavy atom. The minimum atomic E-state index is -0.920. The number of carbonyl (C=O) groups excluding carboxylic acids is 6. The van der Waals surface area contributed by atoms with E-state index in [1.165, 1.54) is 28.0 Å². The molecule has 4 N–H and O–H groups in total.